The number of aliphatic hydroxyl groups excluding tert-OH is 1. The number of hydrogen-bond acceptors (Lipinski definition) is 5. The molecule has 2 rings (SSSR count). The van der Waals surface area contributed by atoms with Crippen LogP contribution in [0.1, 0.15) is 13.3 Å². The maximum atomic E-state index is 9.27. The summed E-state index contributed by atoms with van der Waals surface area (Å²) in [4.78, 5) is 2.42. The van der Waals surface area contributed by atoms with Crippen molar-refractivity contribution in [3.63, 3.8) is 0 Å². The first kappa shape index (κ1) is 14.2. The van der Waals surface area contributed by atoms with Crippen LogP contribution in [0.3, 0.4) is 0 Å². The molecule has 5 heteroatoms. The molecule has 0 amide bonds. The molecule has 0 radical (unpaired) electrons. The lowest BCUT2D eigenvalue weighted by Crippen LogP contribution is -2.53. The molecule has 0 aromatic heterocycles. The molecule has 2 fully saturated rings. The summed E-state index contributed by atoms with van der Waals surface area (Å²) in [6.07, 6.45) is 1.27. The largest absolute Gasteiger partial charge is 0.394 e. The second-order valence-electron chi connectivity index (χ2n) is 5.78. The van der Waals surface area contributed by atoms with Gasteiger partial charge < -0.3 is 19.9 Å². The van der Waals surface area contributed by atoms with Crippen LogP contribution in [-0.2, 0) is 9.47 Å². The third-order valence-corrected chi connectivity index (χ3v) is 3.90. The number of nitrogens with one attached hydrogen (secondary N) is 1. The summed E-state index contributed by atoms with van der Waals surface area (Å²) in [6, 6.07) is 0. The van der Waals surface area contributed by atoms with Crippen LogP contribution in [-0.4, -0.2) is 75.3 Å². The Balaban J connectivity index is 1.93. The van der Waals surface area contributed by atoms with Gasteiger partial charge >= 0.3 is 0 Å². The first-order valence-corrected chi connectivity index (χ1v) is 6.88. The van der Waals surface area contributed by atoms with Gasteiger partial charge in [0.05, 0.1) is 25.4 Å². The smallest absolute Gasteiger partial charge is 0.0936 e. The molecule has 2 saturated heterocycles. The second kappa shape index (κ2) is 6.30. The third-order valence-electron chi connectivity index (χ3n) is 3.90. The summed E-state index contributed by atoms with van der Waals surface area (Å²) >= 11 is 0. The van der Waals surface area contributed by atoms with Gasteiger partial charge in [0, 0.05) is 38.2 Å². The van der Waals surface area contributed by atoms with Crippen molar-refractivity contribution in [3.8, 4) is 0 Å². The number of morpholine rings is 1. The van der Waals surface area contributed by atoms with Crippen molar-refractivity contribution in [2.45, 2.75) is 25.6 Å². The van der Waals surface area contributed by atoms with Gasteiger partial charge in [-0.05, 0) is 20.4 Å². The van der Waals surface area contributed by atoms with Gasteiger partial charge in [-0.15, -0.1) is 0 Å². The molecule has 0 aliphatic carbocycles. The molecule has 2 heterocycles. The Hall–Kier alpha value is -0.200. The van der Waals surface area contributed by atoms with Crippen LogP contribution >= 0.6 is 0 Å². The van der Waals surface area contributed by atoms with Crippen molar-refractivity contribution in [1.29, 1.82) is 0 Å². The minimum absolute atomic E-state index is 0.0392. The fraction of sp³-hybridized carbons (Fsp3) is 1.00. The van der Waals surface area contributed by atoms with Gasteiger partial charge in [-0.3, -0.25) is 4.90 Å². The topological polar surface area (TPSA) is 54.0 Å². The molecule has 3 unspecified atom stereocenters. The maximum absolute atomic E-state index is 9.27. The summed E-state index contributed by atoms with van der Waals surface area (Å²) in [7, 11) is 2.00. The van der Waals surface area contributed by atoms with Gasteiger partial charge in [0.2, 0.25) is 0 Å². The van der Waals surface area contributed by atoms with Crippen LogP contribution in [0, 0.1) is 5.41 Å². The highest BCUT2D eigenvalue weighted by molar-refractivity contribution is 4.90. The molecular formula is C13H26N2O3. The van der Waals surface area contributed by atoms with E-state index in [9.17, 15) is 5.11 Å². The number of hydrogen-bond donors (Lipinski definition) is 2. The van der Waals surface area contributed by atoms with E-state index in [0.717, 1.165) is 45.8 Å². The molecule has 5 nitrogen and oxygen atoms in total. The van der Waals surface area contributed by atoms with Gasteiger partial charge in [-0.25, -0.2) is 0 Å². The minimum atomic E-state index is -0.0392. The van der Waals surface area contributed by atoms with E-state index in [4.69, 9.17) is 9.47 Å². The summed E-state index contributed by atoms with van der Waals surface area (Å²) < 4.78 is 11.3. The zero-order chi connectivity index (χ0) is 13.0. The summed E-state index contributed by atoms with van der Waals surface area (Å²) in [5.41, 5.74) is 0.228. The quantitative estimate of drug-likeness (QED) is 0.709. The van der Waals surface area contributed by atoms with Crippen molar-refractivity contribution < 1.29 is 14.6 Å². The fourth-order valence-electron chi connectivity index (χ4n) is 3.19. The number of ether oxygens (including phenoxy) is 2. The SMILES string of the molecule is CNCC1(CN2CC(C)OC(CO)C2)CCOC1. The summed E-state index contributed by atoms with van der Waals surface area (Å²) in [6.45, 7) is 7.67. The number of nitrogens with zero attached hydrogens (tertiary/aromatic N) is 1. The molecule has 18 heavy (non-hydrogen) atoms. The average molecular weight is 258 g/mol. The monoisotopic (exact) mass is 258 g/mol. The first-order valence-electron chi connectivity index (χ1n) is 6.88. The van der Waals surface area contributed by atoms with Crippen molar-refractivity contribution in [2.24, 2.45) is 5.41 Å². The molecule has 0 aromatic carbocycles. The predicted octanol–water partition coefficient (Wildman–Crippen LogP) is -0.306. The van der Waals surface area contributed by atoms with E-state index >= 15 is 0 Å². The number of aliphatic hydroxyl groups is 1. The highest BCUT2D eigenvalue weighted by atomic mass is 16.5. The fourth-order valence-corrected chi connectivity index (χ4v) is 3.19. The third kappa shape index (κ3) is 3.42. The highest BCUT2D eigenvalue weighted by Crippen LogP contribution is 2.30. The van der Waals surface area contributed by atoms with E-state index in [1.807, 2.05) is 7.05 Å². The van der Waals surface area contributed by atoms with Crippen LogP contribution < -0.4 is 5.32 Å². The molecule has 0 saturated carbocycles. The number of rotatable bonds is 5. The lowest BCUT2D eigenvalue weighted by molar-refractivity contribution is -0.103. The van der Waals surface area contributed by atoms with E-state index in [1.54, 1.807) is 0 Å². The molecule has 2 aliphatic rings. The Bertz CT molecular complexity index is 257. The molecule has 106 valence electrons. The van der Waals surface area contributed by atoms with Crippen LogP contribution in [0.25, 0.3) is 0 Å². The molecular weight excluding hydrogens is 232 g/mol. The lowest BCUT2D eigenvalue weighted by atomic mass is 9.86. The van der Waals surface area contributed by atoms with Crippen molar-refractivity contribution >= 4 is 0 Å². The molecule has 0 spiro atoms. The first-order chi connectivity index (χ1) is 8.67. The maximum Gasteiger partial charge on any atom is 0.0936 e. The van der Waals surface area contributed by atoms with E-state index in [-0.39, 0.29) is 24.2 Å². The van der Waals surface area contributed by atoms with Gasteiger partial charge in [0.15, 0.2) is 0 Å². The highest BCUT2D eigenvalue weighted by Gasteiger charge is 2.38. The average Bonchev–Trinajstić information content (AvgIpc) is 2.77. The van der Waals surface area contributed by atoms with Gasteiger partial charge in [0.1, 0.15) is 0 Å². The molecule has 2 aliphatic heterocycles. The van der Waals surface area contributed by atoms with Crippen LogP contribution in [0.15, 0.2) is 0 Å². The van der Waals surface area contributed by atoms with Crippen LogP contribution in [0.5, 0.6) is 0 Å². The molecule has 0 bridgehead atoms. The summed E-state index contributed by atoms with van der Waals surface area (Å²) in [5.74, 6) is 0. The van der Waals surface area contributed by atoms with Crippen LogP contribution in [0.2, 0.25) is 0 Å². The van der Waals surface area contributed by atoms with E-state index < -0.39 is 0 Å². The second-order valence-corrected chi connectivity index (χ2v) is 5.78. The molecule has 2 N–H and O–H groups in total. The van der Waals surface area contributed by atoms with Gasteiger partial charge in [0.25, 0.3) is 0 Å². The predicted molar refractivity (Wildman–Crippen MR) is 69.7 cm³/mol. The normalized spacial score (nSPS) is 38.2. The van der Waals surface area contributed by atoms with Gasteiger partial charge in [-0.1, -0.05) is 0 Å². The Morgan fingerprint density at radius 3 is 2.89 bits per heavy atom. The van der Waals surface area contributed by atoms with Gasteiger partial charge in [-0.2, -0.15) is 0 Å². The minimum Gasteiger partial charge on any atom is -0.394 e. The Morgan fingerprint density at radius 1 is 1.44 bits per heavy atom. The Labute approximate surface area is 109 Å². The van der Waals surface area contributed by atoms with E-state index in [0.29, 0.717) is 0 Å². The standard InChI is InChI=1S/C13H26N2O3/c1-11-5-15(6-12(7-16)18-11)9-13(8-14-2)3-4-17-10-13/h11-12,14,16H,3-10H2,1-2H3. The Kier molecular flexibility index (Phi) is 4.98. The van der Waals surface area contributed by atoms with E-state index in [1.165, 1.54) is 0 Å². The Morgan fingerprint density at radius 2 is 2.28 bits per heavy atom. The van der Waals surface area contributed by atoms with Crippen molar-refractivity contribution in [2.75, 3.05) is 53.0 Å². The van der Waals surface area contributed by atoms with E-state index in [2.05, 4.69) is 17.1 Å². The van der Waals surface area contributed by atoms with Crippen LogP contribution in [0.4, 0.5) is 0 Å². The summed E-state index contributed by atoms with van der Waals surface area (Å²) in [5, 5.41) is 12.6. The molecule has 3 atom stereocenters. The molecule has 0 aromatic rings. The zero-order valence-corrected chi connectivity index (χ0v) is 11.5. The van der Waals surface area contributed by atoms with Crippen molar-refractivity contribution in [1.82, 2.24) is 10.2 Å². The lowest BCUT2D eigenvalue weighted by Gasteiger charge is -2.40. The van der Waals surface area contributed by atoms with Crippen molar-refractivity contribution in [3.05, 3.63) is 0 Å². The zero-order valence-electron chi connectivity index (χ0n) is 11.5.